The number of benzene rings is 2. The van der Waals surface area contributed by atoms with Gasteiger partial charge in [-0.25, -0.2) is 8.42 Å². The minimum atomic E-state index is -3.67. The molecule has 0 unspecified atom stereocenters. The molecule has 0 spiro atoms. The first kappa shape index (κ1) is 33.5. The Kier molecular flexibility index (Phi) is 17.1. The van der Waals surface area contributed by atoms with Crippen molar-refractivity contribution in [1.82, 2.24) is 16.2 Å². The van der Waals surface area contributed by atoms with Crippen molar-refractivity contribution in [3.63, 3.8) is 0 Å². The summed E-state index contributed by atoms with van der Waals surface area (Å²) in [5, 5.41) is 11.1. The number of carbonyl (C=O) groups is 2. The van der Waals surface area contributed by atoms with Crippen LogP contribution in [0.25, 0.3) is 0 Å². The Labute approximate surface area is 227 Å². The Bertz CT molecular complexity index is 999. The van der Waals surface area contributed by atoms with E-state index in [1.807, 2.05) is 0 Å². The molecule has 0 atom stereocenters. The summed E-state index contributed by atoms with van der Waals surface area (Å²) in [6.45, 7) is 3.87. The summed E-state index contributed by atoms with van der Waals surface area (Å²) in [7, 11) is -3.67. The van der Waals surface area contributed by atoms with Crippen LogP contribution in [0.4, 0.5) is 0 Å². The maximum Gasteiger partial charge on any atom is 2.00 e. The Morgan fingerprint density at radius 3 is 1.91 bits per heavy atom. The molecular formula is C20H24ClN3O6S2U. The fourth-order valence-corrected chi connectivity index (χ4v) is 3.68. The molecule has 2 aromatic carbocycles. The molecule has 0 bridgehead atoms. The predicted octanol–water partition coefficient (Wildman–Crippen LogP) is 3.05. The van der Waals surface area contributed by atoms with E-state index in [0.29, 0.717) is 15.7 Å². The zero-order chi connectivity index (χ0) is 23.4. The van der Waals surface area contributed by atoms with E-state index in [-0.39, 0.29) is 46.4 Å². The average molecular weight is 740 g/mol. The molecule has 0 aromatic heterocycles. The Morgan fingerprint density at radius 2 is 1.45 bits per heavy atom. The van der Waals surface area contributed by atoms with Gasteiger partial charge in [-0.15, -0.1) is 0 Å². The summed E-state index contributed by atoms with van der Waals surface area (Å²) < 4.78 is 25.2. The van der Waals surface area contributed by atoms with E-state index in [1.54, 1.807) is 0 Å². The van der Waals surface area contributed by atoms with Crippen LogP contribution in [-0.4, -0.2) is 37.1 Å². The molecule has 178 valence electrons. The SMILES string of the molecule is CC(=O)O.CCCCNC(=S)NNC(=O)c1ccc(S(=O)(=O)c2ccc(Cl)cc2)cc1.[O-2].[U+2]. The molecule has 33 heavy (non-hydrogen) atoms. The molecule has 0 aliphatic rings. The molecule has 1 amide bonds. The van der Waals surface area contributed by atoms with Crippen LogP contribution in [0.2, 0.25) is 5.02 Å². The second kappa shape index (κ2) is 16.9. The second-order valence-corrected chi connectivity index (χ2v) is 8.98. The summed E-state index contributed by atoms with van der Waals surface area (Å²) in [5.41, 5.74) is 5.37. The standard InChI is InChI=1S/C18H20ClN3O3S2.C2H4O2.O.U/c1-2-3-12-20-18(26)22-21-17(23)13-4-8-15(9-5-13)27(24,25)16-10-6-14(19)7-11-16;1-2(3)4;;/h4-11H,2-3,12H2,1H3,(H,21,23)(H2,20,22,26);1H3,(H,3,4);;/q;;-2;+2. The van der Waals surface area contributed by atoms with Crippen LogP contribution in [0.15, 0.2) is 58.3 Å². The number of carboxylic acids is 1. The van der Waals surface area contributed by atoms with Gasteiger partial charge < -0.3 is 15.9 Å². The van der Waals surface area contributed by atoms with Crippen LogP contribution < -0.4 is 16.2 Å². The number of carbonyl (C=O) groups excluding carboxylic acids is 1. The number of hydrazine groups is 1. The fraction of sp³-hybridized carbons (Fsp3) is 0.250. The van der Waals surface area contributed by atoms with Gasteiger partial charge in [-0.1, -0.05) is 24.9 Å². The van der Waals surface area contributed by atoms with Gasteiger partial charge in [0.1, 0.15) is 0 Å². The van der Waals surface area contributed by atoms with Gasteiger partial charge >= 0.3 is 31.1 Å². The van der Waals surface area contributed by atoms with Gasteiger partial charge in [-0.3, -0.25) is 20.4 Å². The largest absolute Gasteiger partial charge is 2.00 e. The Morgan fingerprint density at radius 1 is 1.00 bits per heavy atom. The third-order valence-electron chi connectivity index (χ3n) is 3.66. The molecule has 0 fully saturated rings. The van der Waals surface area contributed by atoms with E-state index in [9.17, 15) is 13.2 Å². The van der Waals surface area contributed by atoms with Crippen molar-refractivity contribution in [2.45, 2.75) is 36.5 Å². The molecule has 0 aliphatic heterocycles. The average Bonchev–Trinajstić information content (AvgIpc) is 2.72. The zero-order valence-corrected chi connectivity index (χ0v) is 24.5. The quantitative estimate of drug-likeness (QED) is 0.201. The molecule has 0 saturated heterocycles. The van der Waals surface area contributed by atoms with Crippen molar-refractivity contribution >= 4 is 50.6 Å². The van der Waals surface area contributed by atoms with Crippen molar-refractivity contribution < 1.29 is 59.7 Å². The van der Waals surface area contributed by atoms with Crippen LogP contribution in [0, 0.1) is 31.1 Å². The number of sulfone groups is 1. The monoisotopic (exact) mass is 739 g/mol. The molecule has 0 heterocycles. The summed E-state index contributed by atoms with van der Waals surface area (Å²) in [4.78, 5) is 21.3. The van der Waals surface area contributed by atoms with Crippen molar-refractivity contribution in [1.29, 1.82) is 0 Å². The third kappa shape index (κ3) is 12.4. The maximum absolute atomic E-state index is 12.6. The molecule has 13 heteroatoms. The van der Waals surface area contributed by atoms with Crippen molar-refractivity contribution in [3.05, 3.63) is 59.1 Å². The summed E-state index contributed by atoms with van der Waals surface area (Å²) in [5.74, 6) is -1.26. The minimum Gasteiger partial charge on any atom is -2.00 e. The number of nitrogens with one attached hydrogen (secondary N) is 3. The third-order valence-corrected chi connectivity index (χ3v) is 5.94. The van der Waals surface area contributed by atoms with E-state index in [4.69, 9.17) is 33.7 Å². The normalized spacial score (nSPS) is 9.67. The van der Waals surface area contributed by atoms with Gasteiger partial charge in [0.2, 0.25) is 9.84 Å². The first-order chi connectivity index (χ1) is 14.6. The van der Waals surface area contributed by atoms with Crippen LogP contribution in [0.1, 0.15) is 37.0 Å². The number of hydrogen-bond acceptors (Lipinski definition) is 5. The molecular weight excluding hydrogens is 716 g/mol. The molecule has 0 saturated carbocycles. The van der Waals surface area contributed by atoms with Gasteiger partial charge in [0.15, 0.2) is 5.11 Å². The smallest absolute Gasteiger partial charge is 2.00 e. The first-order valence-corrected chi connectivity index (χ1v) is 11.5. The van der Waals surface area contributed by atoms with Gasteiger partial charge in [-0.05, 0) is 67.2 Å². The van der Waals surface area contributed by atoms with Gasteiger partial charge in [-0.2, -0.15) is 0 Å². The van der Waals surface area contributed by atoms with Crippen molar-refractivity contribution in [2.75, 3.05) is 6.54 Å². The second-order valence-electron chi connectivity index (χ2n) is 6.19. The maximum atomic E-state index is 12.6. The molecule has 9 nitrogen and oxygen atoms in total. The topological polar surface area (TPSA) is 153 Å². The van der Waals surface area contributed by atoms with Crippen LogP contribution in [-0.2, 0) is 20.1 Å². The van der Waals surface area contributed by atoms with Gasteiger partial charge in [0, 0.05) is 24.1 Å². The van der Waals surface area contributed by atoms with E-state index in [2.05, 4.69) is 23.1 Å². The summed E-state index contributed by atoms with van der Waals surface area (Å²) >= 11 is 10.8. The van der Waals surface area contributed by atoms with Crippen LogP contribution in [0.3, 0.4) is 0 Å². The number of halogens is 1. The van der Waals surface area contributed by atoms with Gasteiger partial charge in [0.25, 0.3) is 11.9 Å². The van der Waals surface area contributed by atoms with Crippen LogP contribution >= 0.6 is 23.8 Å². The number of amides is 1. The van der Waals surface area contributed by atoms with E-state index in [0.717, 1.165) is 26.3 Å². The summed E-state index contributed by atoms with van der Waals surface area (Å²) in [6, 6.07) is 11.6. The molecule has 0 radical (unpaired) electrons. The zero-order valence-electron chi connectivity index (χ0n) is 17.9. The number of carboxylic acid groups (broad SMARTS) is 1. The molecule has 4 N–H and O–H groups in total. The minimum absolute atomic E-state index is 0. The van der Waals surface area contributed by atoms with E-state index < -0.39 is 21.7 Å². The summed E-state index contributed by atoms with van der Waals surface area (Å²) in [6.07, 6.45) is 2.01. The first-order valence-electron chi connectivity index (χ1n) is 9.22. The Hall–Kier alpha value is -1.68. The van der Waals surface area contributed by atoms with E-state index >= 15 is 0 Å². The van der Waals surface area contributed by atoms with Gasteiger partial charge in [0.05, 0.1) is 9.79 Å². The van der Waals surface area contributed by atoms with Crippen LogP contribution in [0.5, 0.6) is 0 Å². The molecule has 0 aliphatic carbocycles. The molecule has 2 aromatic rings. The number of hydrogen-bond donors (Lipinski definition) is 4. The number of aliphatic carboxylic acids is 1. The predicted molar refractivity (Wildman–Crippen MR) is 123 cm³/mol. The molecule has 2 rings (SSSR count). The fourth-order valence-electron chi connectivity index (χ4n) is 2.14. The van der Waals surface area contributed by atoms with Crippen molar-refractivity contribution in [3.8, 4) is 0 Å². The number of thiocarbonyl (C=S) groups is 1. The number of rotatable bonds is 6. The van der Waals surface area contributed by atoms with Crippen molar-refractivity contribution in [2.24, 2.45) is 0 Å². The Balaban J connectivity index is 0. The van der Waals surface area contributed by atoms with E-state index in [1.165, 1.54) is 48.5 Å². The number of unbranched alkanes of at least 4 members (excludes halogenated alkanes) is 1.